The molecule has 0 radical (unpaired) electrons. The van der Waals surface area contributed by atoms with Gasteiger partial charge in [-0.1, -0.05) is 19.9 Å². The van der Waals surface area contributed by atoms with Gasteiger partial charge in [0, 0.05) is 25.5 Å². The Morgan fingerprint density at radius 1 is 1.39 bits per heavy atom. The number of nitrogens with one attached hydrogen (secondary N) is 1. The molecule has 18 heavy (non-hydrogen) atoms. The third-order valence-electron chi connectivity index (χ3n) is 2.88. The normalized spacial score (nSPS) is 11.3. The van der Waals surface area contributed by atoms with E-state index in [1.807, 2.05) is 6.20 Å². The van der Waals surface area contributed by atoms with E-state index in [9.17, 15) is 0 Å². The van der Waals surface area contributed by atoms with Gasteiger partial charge in [0.05, 0.1) is 4.88 Å². The van der Waals surface area contributed by atoms with Crippen LogP contribution in [-0.2, 0) is 6.54 Å². The highest BCUT2D eigenvalue weighted by Crippen LogP contribution is 2.22. The highest BCUT2D eigenvalue weighted by atomic mass is 32.1. The molecule has 0 atom stereocenters. The van der Waals surface area contributed by atoms with Gasteiger partial charge in [-0.3, -0.25) is 0 Å². The Bertz CT molecular complexity index is 445. The summed E-state index contributed by atoms with van der Waals surface area (Å²) in [6, 6.07) is 4.19. The van der Waals surface area contributed by atoms with Crippen molar-refractivity contribution in [2.75, 3.05) is 13.1 Å². The predicted molar refractivity (Wildman–Crippen MR) is 77.9 cm³/mol. The molecule has 2 rings (SSSR count). The maximum atomic E-state index is 4.43. The van der Waals surface area contributed by atoms with Gasteiger partial charge in [-0.25, -0.2) is 4.98 Å². The van der Waals surface area contributed by atoms with Crippen LogP contribution in [0.1, 0.15) is 20.3 Å². The first-order valence-electron chi connectivity index (χ1n) is 6.53. The minimum atomic E-state index is 0.771. The Balaban J connectivity index is 1.82. The SMILES string of the molecule is CC(C)CCNCCn1ccnc1-c1cccs1. The number of rotatable bonds is 7. The average molecular weight is 263 g/mol. The quantitative estimate of drug-likeness (QED) is 0.777. The molecule has 0 aliphatic carbocycles. The van der Waals surface area contributed by atoms with Crippen molar-refractivity contribution in [2.45, 2.75) is 26.8 Å². The number of hydrogen-bond acceptors (Lipinski definition) is 3. The van der Waals surface area contributed by atoms with Crippen LogP contribution in [0.2, 0.25) is 0 Å². The van der Waals surface area contributed by atoms with E-state index in [0.717, 1.165) is 31.4 Å². The van der Waals surface area contributed by atoms with Gasteiger partial charge in [0.15, 0.2) is 0 Å². The monoisotopic (exact) mass is 263 g/mol. The van der Waals surface area contributed by atoms with Crippen molar-refractivity contribution >= 4 is 11.3 Å². The zero-order chi connectivity index (χ0) is 12.8. The third-order valence-corrected chi connectivity index (χ3v) is 3.75. The van der Waals surface area contributed by atoms with Crippen molar-refractivity contribution in [1.82, 2.24) is 14.9 Å². The van der Waals surface area contributed by atoms with Gasteiger partial charge in [-0.05, 0) is 30.3 Å². The summed E-state index contributed by atoms with van der Waals surface area (Å²) in [4.78, 5) is 5.67. The molecule has 0 bridgehead atoms. The highest BCUT2D eigenvalue weighted by molar-refractivity contribution is 7.13. The molecule has 0 aliphatic rings. The smallest absolute Gasteiger partial charge is 0.150 e. The van der Waals surface area contributed by atoms with Crippen molar-refractivity contribution in [3.8, 4) is 10.7 Å². The molecule has 0 aromatic carbocycles. The van der Waals surface area contributed by atoms with E-state index < -0.39 is 0 Å². The average Bonchev–Trinajstić information content (AvgIpc) is 2.97. The lowest BCUT2D eigenvalue weighted by Gasteiger charge is -2.09. The molecule has 3 nitrogen and oxygen atoms in total. The van der Waals surface area contributed by atoms with Crippen LogP contribution in [0.25, 0.3) is 10.7 Å². The summed E-state index contributed by atoms with van der Waals surface area (Å²) in [5.74, 6) is 1.85. The molecular formula is C14H21N3S. The first-order chi connectivity index (χ1) is 8.77. The number of thiophene rings is 1. The predicted octanol–water partition coefficient (Wildman–Crippen LogP) is 3.25. The summed E-state index contributed by atoms with van der Waals surface area (Å²) >= 11 is 1.74. The van der Waals surface area contributed by atoms with Crippen molar-refractivity contribution in [1.29, 1.82) is 0 Å². The Kier molecular flexibility index (Phi) is 4.96. The molecule has 0 saturated heterocycles. The minimum absolute atomic E-state index is 0.771. The van der Waals surface area contributed by atoms with Crippen LogP contribution in [0.3, 0.4) is 0 Å². The van der Waals surface area contributed by atoms with Crippen LogP contribution in [-0.4, -0.2) is 22.6 Å². The van der Waals surface area contributed by atoms with E-state index in [4.69, 9.17) is 0 Å². The van der Waals surface area contributed by atoms with Crippen LogP contribution in [0.15, 0.2) is 29.9 Å². The molecule has 2 heterocycles. The van der Waals surface area contributed by atoms with Crippen molar-refractivity contribution in [3.05, 3.63) is 29.9 Å². The molecule has 0 aliphatic heterocycles. The van der Waals surface area contributed by atoms with Gasteiger partial charge in [-0.15, -0.1) is 11.3 Å². The molecule has 98 valence electrons. The number of aromatic nitrogens is 2. The fraction of sp³-hybridized carbons (Fsp3) is 0.500. The van der Waals surface area contributed by atoms with Crippen LogP contribution >= 0.6 is 11.3 Å². The summed E-state index contributed by atoms with van der Waals surface area (Å²) in [5, 5.41) is 5.57. The van der Waals surface area contributed by atoms with E-state index in [0.29, 0.717) is 0 Å². The Morgan fingerprint density at radius 3 is 3.00 bits per heavy atom. The van der Waals surface area contributed by atoms with E-state index >= 15 is 0 Å². The molecule has 0 unspecified atom stereocenters. The van der Waals surface area contributed by atoms with Crippen LogP contribution < -0.4 is 5.32 Å². The minimum Gasteiger partial charge on any atom is -0.329 e. The number of hydrogen-bond donors (Lipinski definition) is 1. The molecular weight excluding hydrogens is 242 g/mol. The van der Waals surface area contributed by atoms with Crippen LogP contribution in [0.4, 0.5) is 0 Å². The van der Waals surface area contributed by atoms with Crippen LogP contribution in [0, 0.1) is 5.92 Å². The summed E-state index contributed by atoms with van der Waals surface area (Å²) < 4.78 is 2.22. The van der Waals surface area contributed by atoms with E-state index in [2.05, 4.69) is 52.4 Å². The van der Waals surface area contributed by atoms with Crippen molar-refractivity contribution in [3.63, 3.8) is 0 Å². The van der Waals surface area contributed by atoms with Gasteiger partial charge >= 0.3 is 0 Å². The lowest BCUT2D eigenvalue weighted by atomic mass is 10.1. The Hall–Kier alpha value is -1.13. The summed E-state index contributed by atoms with van der Waals surface area (Å²) in [6.45, 7) is 7.59. The third kappa shape index (κ3) is 3.68. The zero-order valence-corrected chi connectivity index (χ0v) is 11.9. The topological polar surface area (TPSA) is 29.9 Å². The van der Waals surface area contributed by atoms with Gasteiger partial charge in [0.1, 0.15) is 5.82 Å². The lowest BCUT2D eigenvalue weighted by Crippen LogP contribution is -2.22. The second-order valence-corrected chi connectivity index (χ2v) is 5.80. The molecule has 0 spiro atoms. The number of nitrogens with zero attached hydrogens (tertiary/aromatic N) is 2. The summed E-state index contributed by atoms with van der Waals surface area (Å²) in [7, 11) is 0. The molecule has 0 fully saturated rings. The first kappa shape index (κ1) is 13.3. The Morgan fingerprint density at radius 2 is 2.28 bits per heavy atom. The van der Waals surface area contributed by atoms with Gasteiger partial charge in [0.2, 0.25) is 0 Å². The largest absolute Gasteiger partial charge is 0.329 e. The second-order valence-electron chi connectivity index (χ2n) is 4.85. The highest BCUT2D eigenvalue weighted by Gasteiger charge is 2.05. The van der Waals surface area contributed by atoms with E-state index in [-0.39, 0.29) is 0 Å². The van der Waals surface area contributed by atoms with Crippen molar-refractivity contribution in [2.24, 2.45) is 5.92 Å². The molecule has 2 aromatic heterocycles. The number of imidazole rings is 1. The lowest BCUT2D eigenvalue weighted by molar-refractivity contribution is 0.520. The molecule has 2 aromatic rings. The summed E-state index contributed by atoms with van der Waals surface area (Å²) in [6.07, 6.45) is 5.17. The van der Waals surface area contributed by atoms with E-state index in [1.165, 1.54) is 11.3 Å². The van der Waals surface area contributed by atoms with Gasteiger partial charge in [0.25, 0.3) is 0 Å². The second kappa shape index (κ2) is 6.71. The van der Waals surface area contributed by atoms with Gasteiger partial charge in [-0.2, -0.15) is 0 Å². The summed E-state index contributed by atoms with van der Waals surface area (Å²) in [5.41, 5.74) is 0. The zero-order valence-electron chi connectivity index (χ0n) is 11.1. The maximum Gasteiger partial charge on any atom is 0.150 e. The van der Waals surface area contributed by atoms with E-state index in [1.54, 1.807) is 11.3 Å². The van der Waals surface area contributed by atoms with Crippen LogP contribution in [0.5, 0.6) is 0 Å². The first-order valence-corrected chi connectivity index (χ1v) is 7.41. The molecule has 0 saturated carbocycles. The molecule has 1 N–H and O–H groups in total. The fourth-order valence-electron chi connectivity index (χ4n) is 1.84. The Labute approximate surface area is 113 Å². The van der Waals surface area contributed by atoms with Gasteiger partial charge < -0.3 is 9.88 Å². The van der Waals surface area contributed by atoms with Crippen molar-refractivity contribution < 1.29 is 0 Å². The standard InChI is InChI=1S/C14H21N3S/c1-12(2)5-6-15-7-9-17-10-8-16-14(17)13-4-3-11-18-13/h3-4,8,10-12,15H,5-7,9H2,1-2H3. The molecule has 0 amide bonds. The fourth-order valence-corrected chi connectivity index (χ4v) is 2.57. The maximum absolute atomic E-state index is 4.43. The molecule has 4 heteroatoms.